The van der Waals surface area contributed by atoms with Crippen molar-refractivity contribution in [3.05, 3.63) is 36.2 Å². The lowest BCUT2D eigenvalue weighted by Crippen LogP contribution is -2.23. The number of nitrogens with zero attached hydrogens (tertiary/aromatic N) is 1. The highest BCUT2D eigenvalue weighted by molar-refractivity contribution is 5.61. The molecule has 1 atom stereocenters. The molecule has 0 aliphatic heterocycles. The predicted octanol–water partition coefficient (Wildman–Crippen LogP) is 3.14. The van der Waals surface area contributed by atoms with Crippen LogP contribution < -0.4 is 5.32 Å². The lowest BCUT2D eigenvalue weighted by Gasteiger charge is -2.16. The SMILES string of the molecule is C=C(NC(C)CCC)c1cncc(C)c1. The monoisotopic (exact) mass is 204 g/mol. The fourth-order valence-corrected chi connectivity index (χ4v) is 1.61. The number of pyridine rings is 1. The van der Waals surface area contributed by atoms with Gasteiger partial charge in [-0.05, 0) is 31.9 Å². The van der Waals surface area contributed by atoms with E-state index in [2.05, 4.69) is 36.8 Å². The number of aromatic nitrogens is 1. The first kappa shape index (κ1) is 11.8. The van der Waals surface area contributed by atoms with Crippen molar-refractivity contribution in [3.8, 4) is 0 Å². The number of rotatable bonds is 5. The van der Waals surface area contributed by atoms with Crippen molar-refractivity contribution in [3.63, 3.8) is 0 Å². The molecule has 2 heteroatoms. The minimum absolute atomic E-state index is 0.475. The second-order valence-corrected chi connectivity index (χ2v) is 4.06. The van der Waals surface area contributed by atoms with Gasteiger partial charge in [-0.25, -0.2) is 0 Å². The van der Waals surface area contributed by atoms with E-state index < -0.39 is 0 Å². The fraction of sp³-hybridized carbons (Fsp3) is 0.462. The first-order valence-corrected chi connectivity index (χ1v) is 5.51. The van der Waals surface area contributed by atoms with E-state index in [4.69, 9.17) is 0 Å². The Kier molecular flexibility index (Phi) is 4.35. The molecule has 1 aromatic heterocycles. The van der Waals surface area contributed by atoms with Gasteiger partial charge in [0.05, 0.1) is 0 Å². The highest BCUT2D eigenvalue weighted by Gasteiger charge is 2.03. The van der Waals surface area contributed by atoms with Gasteiger partial charge in [0.15, 0.2) is 0 Å². The summed E-state index contributed by atoms with van der Waals surface area (Å²) < 4.78 is 0. The zero-order valence-electron chi connectivity index (χ0n) is 9.88. The highest BCUT2D eigenvalue weighted by atomic mass is 14.9. The Labute approximate surface area is 92.4 Å². The van der Waals surface area contributed by atoms with Crippen LogP contribution in [0.4, 0.5) is 0 Å². The summed E-state index contributed by atoms with van der Waals surface area (Å²) in [6.45, 7) is 10.4. The molecule has 0 aromatic carbocycles. The molecule has 0 radical (unpaired) electrons. The van der Waals surface area contributed by atoms with Crippen molar-refractivity contribution >= 4 is 5.70 Å². The van der Waals surface area contributed by atoms with Gasteiger partial charge < -0.3 is 5.32 Å². The van der Waals surface area contributed by atoms with Crippen LogP contribution in [-0.2, 0) is 0 Å². The van der Waals surface area contributed by atoms with Gasteiger partial charge in [-0.2, -0.15) is 0 Å². The van der Waals surface area contributed by atoms with Gasteiger partial charge in [-0.1, -0.05) is 19.9 Å². The summed E-state index contributed by atoms with van der Waals surface area (Å²) in [5.74, 6) is 0. The van der Waals surface area contributed by atoms with E-state index in [9.17, 15) is 0 Å². The standard InChI is InChI=1S/C13H20N2/c1-5-6-11(3)15-12(4)13-7-10(2)8-14-9-13/h7-9,11,15H,4-6H2,1-3H3. The zero-order chi connectivity index (χ0) is 11.3. The first-order chi connectivity index (χ1) is 7.13. The van der Waals surface area contributed by atoms with Crippen LogP contribution in [0, 0.1) is 6.92 Å². The molecule has 0 saturated carbocycles. The van der Waals surface area contributed by atoms with E-state index in [1.165, 1.54) is 12.0 Å². The third-order valence-electron chi connectivity index (χ3n) is 2.37. The van der Waals surface area contributed by atoms with Crippen LogP contribution in [0.3, 0.4) is 0 Å². The van der Waals surface area contributed by atoms with E-state index in [1.807, 2.05) is 19.3 Å². The summed E-state index contributed by atoms with van der Waals surface area (Å²) >= 11 is 0. The maximum atomic E-state index is 4.16. The lowest BCUT2D eigenvalue weighted by molar-refractivity contribution is 0.587. The summed E-state index contributed by atoms with van der Waals surface area (Å²) in [5.41, 5.74) is 3.21. The molecule has 0 amide bonds. The smallest absolute Gasteiger partial charge is 0.0361 e. The van der Waals surface area contributed by atoms with Crippen molar-refractivity contribution < 1.29 is 0 Å². The van der Waals surface area contributed by atoms with Crippen molar-refractivity contribution in [1.29, 1.82) is 0 Å². The summed E-state index contributed by atoms with van der Waals surface area (Å²) in [7, 11) is 0. The van der Waals surface area contributed by atoms with Gasteiger partial charge in [0.2, 0.25) is 0 Å². The molecule has 0 saturated heterocycles. The summed E-state index contributed by atoms with van der Waals surface area (Å²) in [6.07, 6.45) is 6.05. The van der Waals surface area contributed by atoms with E-state index in [-0.39, 0.29) is 0 Å². The molecule has 0 spiro atoms. The second-order valence-electron chi connectivity index (χ2n) is 4.06. The average molecular weight is 204 g/mol. The second kappa shape index (κ2) is 5.54. The zero-order valence-corrected chi connectivity index (χ0v) is 9.88. The molecule has 15 heavy (non-hydrogen) atoms. The minimum Gasteiger partial charge on any atom is -0.383 e. The Morgan fingerprint density at radius 1 is 1.53 bits per heavy atom. The van der Waals surface area contributed by atoms with E-state index in [0.717, 1.165) is 17.7 Å². The molecule has 0 fully saturated rings. The van der Waals surface area contributed by atoms with Crippen molar-refractivity contribution in [2.45, 2.75) is 39.7 Å². The summed E-state index contributed by atoms with van der Waals surface area (Å²) in [6, 6.07) is 2.57. The van der Waals surface area contributed by atoms with Crippen LogP contribution in [-0.4, -0.2) is 11.0 Å². The van der Waals surface area contributed by atoms with Crippen LogP contribution >= 0.6 is 0 Å². The van der Waals surface area contributed by atoms with Crippen LogP contribution in [0.5, 0.6) is 0 Å². The lowest BCUT2D eigenvalue weighted by atomic mass is 10.1. The van der Waals surface area contributed by atoms with Crippen LogP contribution in [0.15, 0.2) is 25.0 Å². The third kappa shape index (κ3) is 3.74. The predicted molar refractivity (Wildman–Crippen MR) is 65.5 cm³/mol. The topological polar surface area (TPSA) is 24.9 Å². The van der Waals surface area contributed by atoms with E-state index in [0.29, 0.717) is 6.04 Å². The van der Waals surface area contributed by atoms with E-state index in [1.54, 1.807) is 0 Å². The Balaban J connectivity index is 2.61. The quantitative estimate of drug-likeness (QED) is 0.797. The molecule has 0 aliphatic carbocycles. The van der Waals surface area contributed by atoms with Gasteiger partial charge in [0, 0.05) is 29.7 Å². The minimum atomic E-state index is 0.475. The van der Waals surface area contributed by atoms with Gasteiger partial charge in [-0.3, -0.25) is 4.98 Å². The molecular weight excluding hydrogens is 184 g/mol. The summed E-state index contributed by atoms with van der Waals surface area (Å²) in [5, 5.41) is 3.39. The maximum absolute atomic E-state index is 4.16. The van der Waals surface area contributed by atoms with Gasteiger partial charge in [0.25, 0.3) is 0 Å². The van der Waals surface area contributed by atoms with Crippen molar-refractivity contribution in [2.24, 2.45) is 0 Å². The first-order valence-electron chi connectivity index (χ1n) is 5.51. The normalized spacial score (nSPS) is 12.2. The number of nitrogens with one attached hydrogen (secondary N) is 1. The maximum Gasteiger partial charge on any atom is 0.0361 e. The van der Waals surface area contributed by atoms with Gasteiger partial charge in [-0.15, -0.1) is 0 Å². The van der Waals surface area contributed by atoms with E-state index >= 15 is 0 Å². The molecule has 1 N–H and O–H groups in total. The van der Waals surface area contributed by atoms with Gasteiger partial charge in [0.1, 0.15) is 0 Å². The molecule has 1 unspecified atom stereocenters. The third-order valence-corrected chi connectivity index (χ3v) is 2.37. The molecule has 0 aliphatic rings. The fourth-order valence-electron chi connectivity index (χ4n) is 1.61. The molecular formula is C13H20N2. The Hall–Kier alpha value is -1.31. The molecule has 82 valence electrons. The van der Waals surface area contributed by atoms with Gasteiger partial charge >= 0.3 is 0 Å². The largest absolute Gasteiger partial charge is 0.383 e. The highest BCUT2D eigenvalue weighted by Crippen LogP contribution is 2.11. The van der Waals surface area contributed by atoms with Crippen molar-refractivity contribution in [1.82, 2.24) is 10.3 Å². The van der Waals surface area contributed by atoms with Crippen LogP contribution in [0.1, 0.15) is 37.8 Å². The molecule has 1 aromatic rings. The number of hydrogen-bond donors (Lipinski definition) is 1. The average Bonchev–Trinajstić information content (AvgIpc) is 2.18. The number of hydrogen-bond acceptors (Lipinski definition) is 2. The summed E-state index contributed by atoms with van der Waals surface area (Å²) in [4.78, 5) is 4.16. The molecule has 1 heterocycles. The Morgan fingerprint density at radius 3 is 2.87 bits per heavy atom. The number of aryl methyl sites for hydroxylation is 1. The Morgan fingerprint density at radius 2 is 2.27 bits per heavy atom. The molecule has 2 nitrogen and oxygen atoms in total. The van der Waals surface area contributed by atoms with Crippen LogP contribution in [0.25, 0.3) is 5.70 Å². The molecule has 0 bridgehead atoms. The molecule has 1 rings (SSSR count). The van der Waals surface area contributed by atoms with Crippen LogP contribution in [0.2, 0.25) is 0 Å². The van der Waals surface area contributed by atoms with Crippen molar-refractivity contribution in [2.75, 3.05) is 0 Å². The Bertz CT molecular complexity index is 331.